The fourth-order valence-corrected chi connectivity index (χ4v) is 2.90. The molecule has 0 aliphatic carbocycles. The van der Waals surface area contributed by atoms with Gasteiger partial charge in [0.05, 0.1) is 6.54 Å². The van der Waals surface area contributed by atoms with Gasteiger partial charge in [-0.2, -0.15) is 0 Å². The van der Waals surface area contributed by atoms with Crippen LogP contribution in [-0.4, -0.2) is 29.1 Å². The molecular formula is C12H13Cl2NO2. The van der Waals surface area contributed by atoms with E-state index in [-0.39, 0.29) is 12.6 Å². The van der Waals surface area contributed by atoms with Crippen LogP contribution >= 0.6 is 23.2 Å². The summed E-state index contributed by atoms with van der Waals surface area (Å²) in [6.45, 7) is 2.74. The van der Waals surface area contributed by atoms with Crippen molar-refractivity contribution in [3.8, 4) is 0 Å². The van der Waals surface area contributed by atoms with Crippen LogP contribution in [0.4, 0.5) is 0 Å². The summed E-state index contributed by atoms with van der Waals surface area (Å²) in [7, 11) is 0. The van der Waals surface area contributed by atoms with Gasteiger partial charge in [-0.3, -0.25) is 9.69 Å². The number of hydrogen-bond acceptors (Lipinski definition) is 2. The van der Waals surface area contributed by atoms with Gasteiger partial charge in [0.1, 0.15) is 0 Å². The summed E-state index contributed by atoms with van der Waals surface area (Å²) >= 11 is 12.1. The molecule has 0 amide bonds. The molecule has 1 N–H and O–H groups in total. The fourth-order valence-electron chi connectivity index (χ4n) is 2.30. The molecule has 1 aliphatic rings. The Labute approximate surface area is 110 Å². The Bertz CT molecular complexity index is 462. The molecule has 1 atom stereocenters. The van der Waals surface area contributed by atoms with E-state index < -0.39 is 5.97 Å². The standard InChI is InChI=1S/C12H13Cl2NO2/c1-7-10-4-8(13)5-11(14)9(10)2-3-15(7)6-12(16)17/h4-5,7H,2-3,6H2,1H3,(H,16,17). The smallest absolute Gasteiger partial charge is 0.317 e. The van der Waals surface area contributed by atoms with Gasteiger partial charge in [-0.25, -0.2) is 0 Å². The number of fused-ring (bicyclic) bond motifs is 1. The molecule has 1 heterocycles. The highest BCUT2D eigenvalue weighted by Gasteiger charge is 2.26. The van der Waals surface area contributed by atoms with E-state index in [1.807, 2.05) is 17.9 Å². The largest absolute Gasteiger partial charge is 0.480 e. The summed E-state index contributed by atoms with van der Waals surface area (Å²) in [6.07, 6.45) is 0.767. The van der Waals surface area contributed by atoms with Crippen LogP contribution in [0.5, 0.6) is 0 Å². The zero-order valence-corrected chi connectivity index (χ0v) is 10.9. The SMILES string of the molecule is CC1c2cc(Cl)cc(Cl)c2CCN1CC(=O)O. The Balaban J connectivity index is 2.34. The van der Waals surface area contributed by atoms with E-state index in [1.54, 1.807) is 6.07 Å². The van der Waals surface area contributed by atoms with Gasteiger partial charge in [0.2, 0.25) is 0 Å². The van der Waals surface area contributed by atoms with Crippen LogP contribution in [0.15, 0.2) is 12.1 Å². The predicted octanol–water partition coefficient (Wildman–Crippen LogP) is 3.00. The minimum atomic E-state index is -0.812. The first-order chi connectivity index (χ1) is 7.99. The second-order valence-electron chi connectivity index (χ2n) is 4.25. The molecule has 1 aromatic rings. The Morgan fingerprint density at radius 2 is 2.24 bits per heavy atom. The highest BCUT2D eigenvalue weighted by atomic mass is 35.5. The van der Waals surface area contributed by atoms with E-state index in [0.29, 0.717) is 16.6 Å². The number of nitrogens with zero attached hydrogens (tertiary/aromatic N) is 1. The lowest BCUT2D eigenvalue weighted by Crippen LogP contribution is -2.37. The maximum Gasteiger partial charge on any atom is 0.317 e. The minimum absolute atomic E-state index is 0.0334. The number of rotatable bonds is 2. The number of carboxylic acids is 1. The van der Waals surface area contributed by atoms with Crippen molar-refractivity contribution in [2.45, 2.75) is 19.4 Å². The fraction of sp³-hybridized carbons (Fsp3) is 0.417. The van der Waals surface area contributed by atoms with Gasteiger partial charge in [0.15, 0.2) is 0 Å². The van der Waals surface area contributed by atoms with E-state index in [0.717, 1.165) is 17.5 Å². The van der Waals surface area contributed by atoms with Crippen LogP contribution in [0.3, 0.4) is 0 Å². The average molecular weight is 274 g/mol. The normalized spacial score (nSPS) is 20.1. The highest BCUT2D eigenvalue weighted by molar-refractivity contribution is 6.35. The first kappa shape index (κ1) is 12.7. The van der Waals surface area contributed by atoms with Crippen LogP contribution in [-0.2, 0) is 11.2 Å². The third-order valence-corrected chi connectivity index (χ3v) is 3.74. The molecule has 0 saturated heterocycles. The molecule has 2 rings (SSSR count). The molecule has 0 saturated carbocycles. The monoisotopic (exact) mass is 273 g/mol. The van der Waals surface area contributed by atoms with Crippen molar-refractivity contribution in [2.24, 2.45) is 0 Å². The molecule has 1 unspecified atom stereocenters. The van der Waals surface area contributed by atoms with E-state index in [9.17, 15) is 4.79 Å². The summed E-state index contributed by atoms with van der Waals surface area (Å²) < 4.78 is 0. The second kappa shape index (κ2) is 4.84. The maximum absolute atomic E-state index is 10.8. The first-order valence-corrected chi connectivity index (χ1v) is 6.18. The van der Waals surface area contributed by atoms with Gasteiger partial charge in [0.25, 0.3) is 0 Å². The van der Waals surface area contributed by atoms with Crippen molar-refractivity contribution in [1.82, 2.24) is 4.90 Å². The number of aliphatic carboxylic acids is 1. The Kier molecular flexibility index (Phi) is 3.61. The van der Waals surface area contributed by atoms with Gasteiger partial charge in [-0.05, 0) is 36.6 Å². The number of halogens is 2. The van der Waals surface area contributed by atoms with E-state index in [1.165, 1.54) is 0 Å². The topological polar surface area (TPSA) is 40.5 Å². The third kappa shape index (κ3) is 2.57. The van der Waals surface area contributed by atoms with Crippen molar-refractivity contribution in [1.29, 1.82) is 0 Å². The predicted molar refractivity (Wildman–Crippen MR) is 67.8 cm³/mol. The number of benzene rings is 1. The summed E-state index contributed by atoms with van der Waals surface area (Å²) in [5.41, 5.74) is 2.13. The van der Waals surface area contributed by atoms with Gasteiger partial charge in [0, 0.05) is 22.6 Å². The van der Waals surface area contributed by atoms with Crippen LogP contribution in [0.1, 0.15) is 24.1 Å². The van der Waals surface area contributed by atoms with Crippen LogP contribution < -0.4 is 0 Å². The molecule has 0 spiro atoms. The number of carboxylic acid groups (broad SMARTS) is 1. The summed E-state index contributed by atoms with van der Waals surface area (Å²) in [5.74, 6) is -0.812. The highest BCUT2D eigenvalue weighted by Crippen LogP contribution is 2.35. The minimum Gasteiger partial charge on any atom is -0.480 e. The quantitative estimate of drug-likeness (QED) is 0.901. The summed E-state index contributed by atoms with van der Waals surface area (Å²) in [5, 5.41) is 10.1. The average Bonchev–Trinajstić information content (AvgIpc) is 2.22. The van der Waals surface area contributed by atoms with Crippen molar-refractivity contribution < 1.29 is 9.90 Å². The van der Waals surface area contributed by atoms with Crippen molar-refractivity contribution in [2.75, 3.05) is 13.1 Å². The zero-order chi connectivity index (χ0) is 12.6. The van der Waals surface area contributed by atoms with Gasteiger partial charge in [-0.1, -0.05) is 23.2 Å². The summed E-state index contributed by atoms with van der Waals surface area (Å²) in [4.78, 5) is 12.7. The zero-order valence-electron chi connectivity index (χ0n) is 9.41. The van der Waals surface area contributed by atoms with Crippen LogP contribution in [0, 0.1) is 0 Å². The molecule has 0 radical (unpaired) electrons. The molecule has 0 aromatic heterocycles. The van der Waals surface area contributed by atoms with E-state index in [2.05, 4.69) is 0 Å². The molecule has 1 aromatic carbocycles. The molecule has 0 fully saturated rings. The Hall–Kier alpha value is -0.770. The third-order valence-electron chi connectivity index (χ3n) is 3.18. The lowest BCUT2D eigenvalue weighted by atomic mass is 9.93. The van der Waals surface area contributed by atoms with Crippen molar-refractivity contribution >= 4 is 29.2 Å². The Morgan fingerprint density at radius 1 is 1.53 bits per heavy atom. The van der Waals surface area contributed by atoms with Crippen LogP contribution in [0.2, 0.25) is 10.0 Å². The lowest BCUT2D eigenvalue weighted by Gasteiger charge is -2.34. The molecular weight excluding hydrogens is 261 g/mol. The molecule has 1 aliphatic heterocycles. The van der Waals surface area contributed by atoms with Gasteiger partial charge >= 0.3 is 5.97 Å². The second-order valence-corrected chi connectivity index (χ2v) is 5.09. The maximum atomic E-state index is 10.8. The van der Waals surface area contributed by atoms with Gasteiger partial charge in [-0.15, -0.1) is 0 Å². The molecule has 0 bridgehead atoms. The Morgan fingerprint density at radius 3 is 2.88 bits per heavy atom. The van der Waals surface area contributed by atoms with E-state index in [4.69, 9.17) is 28.3 Å². The molecule has 3 nitrogen and oxygen atoms in total. The molecule has 92 valence electrons. The van der Waals surface area contributed by atoms with Crippen LogP contribution in [0.25, 0.3) is 0 Å². The molecule has 5 heteroatoms. The van der Waals surface area contributed by atoms with Crippen molar-refractivity contribution in [3.05, 3.63) is 33.3 Å². The number of hydrogen-bond donors (Lipinski definition) is 1. The molecule has 17 heavy (non-hydrogen) atoms. The number of carbonyl (C=O) groups is 1. The van der Waals surface area contributed by atoms with E-state index >= 15 is 0 Å². The first-order valence-electron chi connectivity index (χ1n) is 5.42. The summed E-state index contributed by atoms with van der Waals surface area (Å²) in [6, 6.07) is 3.65. The lowest BCUT2D eigenvalue weighted by molar-refractivity contribution is -0.139. The van der Waals surface area contributed by atoms with Gasteiger partial charge < -0.3 is 5.11 Å². The van der Waals surface area contributed by atoms with Crippen molar-refractivity contribution in [3.63, 3.8) is 0 Å².